The molecule has 0 fully saturated rings. The normalized spacial score (nSPS) is 15.5. The van der Waals surface area contributed by atoms with E-state index in [1.165, 1.54) is 5.01 Å². The van der Waals surface area contributed by atoms with E-state index in [1.54, 1.807) is 42.5 Å². The van der Waals surface area contributed by atoms with Crippen LogP contribution in [0.5, 0.6) is 11.5 Å². The van der Waals surface area contributed by atoms with Gasteiger partial charge in [0.05, 0.1) is 5.69 Å². The summed E-state index contributed by atoms with van der Waals surface area (Å²) < 4.78 is 16.0. The van der Waals surface area contributed by atoms with Crippen LogP contribution in [0.3, 0.4) is 0 Å². The molecule has 0 spiro atoms. The first-order valence-electron chi connectivity index (χ1n) is 9.17. The summed E-state index contributed by atoms with van der Waals surface area (Å²) in [4.78, 5) is 36.9. The summed E-state index contributed by atoms with van der Waals surface area (Å²) >= 11 is 0. The Morgan fingerprint density at radius 1 is 1.00 bits per heavy atom. The number of nitrogens with zero attached hydrogens (tertiary/aromatic N) is 2. The Hall–Kier alpha value is -3.68. The number of ether oxygens (including phenoxy) is 3. The van der Waals surface area contributed by atoms with E-state index in [0.29, 0.717) is 36.0 Å². The minimum atomic E-state index is -0.718. The van der Waals surface area contributed by atoms with Crippen LogP contribution in [0.4, 0.5) is 5.69 Å². The molecule has 2 aromatic rings. The van der Waals surface area contributed by atoms with Gasteiger partial charge in [-0.25, -0.2) is 9.80 Å². The van der Waals surface area contributed by atoms with E-state index < -0.39 is 12.6 Å². The Kier molecular flexibility index (Phi) is 5.24. The van der Waals surface area contributed by atoms with Crippen molar-refractivity contribution in [2.75, 3.05) is 24.8 Å². The zero-order chi connectivity index (χ0) is 20.2. The molecule has 0 saturated carbocycles. The van der Waals surface area contributed by atoms with Crippen LogP contribution in [0.15, 0.2) is 53.6 Å². The molecule has 0 N–H and O–H groups in total. The van der Waals surface area contributed by atoms with Gasteiger partial charge in [0.15, 0.2) is 23.9 Å². The zero-order valence-corrected chi connectivity index (χ0v) is 15.5. The molecule has 148 valence electrons. The van der Waals surface area contributed by atoms with Crippen LogP contribution in [0.2, 0.25) is 0 Å². The Labute approximate surface area is 166 Å². The van der Waals surface area contributed by atoms with Gasteiger partial charge in [0.2, 0.25) is 5.91 Å². The monoisotopic (exact) mass is 394 g/mol. The highest BCUT2D eigenvalue weighted by molar-refractivity contribution is 6.38. The van der Waals surface area contributed by atoms with Crippen molar-refractivity contribution in [3.8, 4) is 11.5 Å². The molecule has 0 saturated heterocycles. The maximum Gasteiger partial charge on any atom is 0.354 e. The van der Waals surface area contributed by atoms with Gasteiger partial charge in [0.1, 0.15) is 18.9 Å². The number of hydrogen-bond acceptors (Lipinski definition) is 7. The van der Waals surface area contributed by atoms with E-state index in [0.717, 1.165) is 0 Å². The Morgan fingerprint density at radius 2 is 1.76 bits per heavy atom. The minimum Gasteiger partial charge on any atom is -0.486 e. The van der Waals surface area contributed by atoms with Crippen LogP contribution < -0.4 is 14.5 Å². The number of para-hydroxylation sites is 1. The average Bonchev–Trinajstić information content (AvgIpc) is 2.77. The summed E-state index contributed by atoms with van der Waals surface area (Å²) in [6, 6.07) is 13.6. The first-order chi connectivity index (χ1) is 14.1. The lowest BCUT2D eigenvalue weighted by Gasteiger charge is -2.22. The summed E-state index contributed by atoms with van der Waals surface area (Å²) in [5.74, 6) is -0.235. The molecule has 0 aromatic heterocycles. The van der Waals surface area contributed by atoms with Crippen molar-refractivity contribution in [1.29, 1.82) is 0 Å². The third-order valence-electron chi connectivity index (χ3n) is 4.47. The molecule has 1 amide bonds. The number of carbonyl (C=O) groups is 3. The number of hydrogen-bond donors (Lipinski definition) is 0. The number of anilines is 1. The molecule has 0 atom stereocenters. The molecule has 8 heteroatoms. The fourth-order valence-corrected chi connectivity index (χ4v) is 2.99. The van der Waals surface area contributed by atoms with Gasteiger partial charge in [0, 0.05) is 18.4 Å². The number of rotatable bonds is 5. The summed E-state index contributed by atoms with van der Waals surface area (Å²) in [5, 5.41) is 5.30. The lowest BCUT2D eigenvalue weighted by atomic mass is 10.1. The third kappa shape index (κ3) is 4.11. The molecular weight excluding hydrogens is 376 g/mol. The second-order valence-electron chi connectivity index (χ2n) is 6.45. The number of hydrazone groups is 1. The minimum absolute atomic E-state index is 0.100. The number of Topliss-reactive ketones (excluding diaryl/α,β-unsaturated/α-hetero) is 1. The van der Waals surface area contributed by atoms with Crippen molar-refractivity contribution in [3.05, 3.63) is 54.1 Å². The highest BCUT2D eigenvalue weighted by Gasteiger charge is 2.27. The number of ketones is 1. The Bertz CT molecular complexity index is 986. The molecule has 0 unspecified atom stereocenters. The van der Waals surface area contributed by atoms with Crippen LogP contribution >= 0.6 is 0 Å². The van der Waals surface area contributed by atoms with Crippen molar-refractivity contribution in [2.24, 2.45) is 5.10 Å². The molecular formula is C21H18N2O6. The number of carbonyl (C=O) groups excluding carboxylic acids is 3. The van der Waals surface area contributed by atoms with Gasteiger partial charge in [0.25, 0.3) is 0 Å². The second-order valence-corrected chi connectivity index (χ2v) is 6.45. The number of fused-ring (bicyclic) bond motifs is 1. The van der Waals surface area contributed by atoms with E-state index in [1.807, 2.05) is 6.07 Å². The zero-order valence-electron chi connectivity index (χ0n) is 15.5. The molecule has 0 aliphatic carbocycles. The van der Waals surface area contributed by atoms with Gasteiger partial charge in [-0.15, -0.1) is 0 Å². The van der Waals surface area contributed by atoms with Crippen molar-refractivity contribution in [2.45, 2.75) is 12.8 Å². The van der Waals surface area contributed by atoms with Gasteiger partial charge < -0.3 is 14.2 Å². The van der Waals surface area contributed by atoms with E-state index in [4.69, 9.17) is 14.2 Å². The lowest BCUT2D eigenvalue weighted by molar-refractivity contribution is -0.134. The SMILES string of the molecule is O=C(OCC(=O)c1ccc2c(c1)OCCO2)C1=NN(c2ccccc2)C(=O)CC1. The average molecular weight is 394 g/mol. The van der Waals surface area contributed by atoms with Gasteiger partial charge >= 0.3 is 5.97 Å². The summed E-state index contributed by atoms with van der Waals surface area (Å²) in [6.45, 7) is 0.440. The molecule has 2 heterocycles. The van der Waals surface area contributed by atoms with Crippen LogP contribution in [-0.4, -0.2) is 43.2 Å². The molecule has 29 heavy (non-hydrogen) atoms. The van der Waals surface area contributed by atoms with E-state index in [9.17, 15) is 14.4 Å². The first-order valence-corrected chi connectivity index (χ1v) is 9.17. The maximum atomic E-state index is 12.4. The number of benzene rings is 2. The topological polar surface area (TPSA) is 94.5 Å². The Balaban J connectivity index is 1.41. The van der Waals surface area contributed by atoms with Gasteiger partial charge in [-0.3, -0.25) is 9.59 Å². The van der Waals surface area contributed by atoms with Crippen molar-refractivity contribution >= 4 is 29.1 Å². The van der Waals surface area contributed by atoms with Crippen LogP contribution in [0.25, 0.3) is 0 Å². The Morgan fingerprint density at radius 3 is 2.55 bits per heavy atom. The van der Waals surface area contributed by atoms with Gasteiger partial charge in [-0.2, -0.15) is 5.10 Å². The highest BCUT2D eigenvalue weighted by atomic mass is 16.6. The molecule has 2 aliphatic heterocycles. The molecule has 0 radical (unpaired) electrons. The van der Waals surface area contributed by atoms with E-state index in [-0.39, 0.29) is 30.2 Å². The van der Waals surface area contributed by atoms with Crippen molar-refractivity contribution < 1.29 is 28.6 Å². The van der Waals surface area contributed by atoms with E-state index in [2.05, 4.69) is 5.10 Å². The predicted molar refractivity (Wildman–Crippen MR) is 103 cm³/mol. The highest BCUT2D eigenvalue weighted by Crippen LogP contribution is 2.30. The number of amides is 1. The largest absolute Gasteiger partial charge is 0.486 e. The second kappa shape index (κ2) is 8.14. The third-order valence-corrected chi connectivity index (χ3v) is 4.47. The smallest absolute Gasteiger partial charge is 0.354 e. The molecule has 0 bridgehead atoms. The lowest BCUT2D eigenvalue weighted by Crippen LogP contribution is -2.35. The summed E-state index contributed by atoms with van der Waals surface area (Å²) in [7, 11) is 0. The molecule has 2 aromatic carbocycles. The molecule has 2 aliphatic rings. The van der Waals surface area contributed by atoms with E-state index >= 15 is 0 Å². The summed E-state index contributed by atoms with van der Waals surface area (Å²) in [5.41, 5.74) is 1.02. The summed E-state index contributed by atoms with van der Waals surface area (Å²) in [6.07, 6.45) is 0.304. The maximum absolute atomic E-state index is 12.4. The van der Waals surface area contributed by atoms with Crippen molar-refractivity contribution in [3.63, 3.8) is 0 Å². The fourth-order valence-electron chi connectivity index (χ4n) is 2.99. The van der Waals surface area contributed by atoms with Crippen LogP contribution in [0.1, 0.15) is 23.2 Å². The van der Waals surface area contributed by atoms with Gasteiger partial charge in [-0.05, 0) is 30.3 Å². The fraction of sp³-hybridized carbons (Fsp3) is 0.238. The van der Waals surface area contributed by atoms with Gasteiger partial charge in [-0.1, -0.05) is 18.2 Å². The van der Waals surface area contributed by atoms with Crippen LogP contribution in [-0.2, 0) is 14.3 Å². The van der Waals surface area contributed by atoms with Crippen molar-refractivity contribution in [1.82, 2.24) is 0 Å². The standard InChI is InChI=1S/C21H18N2O6/c24-17(14-6-8-18-19(12-14)28-11-10-27-18)13-29-21(26)16-7-9-20(25)23(22-16)15-4-2-1-3-5-15/h1-6,8,12H,7,9-11,13H2. The molecule has 8 nitrogen and oxygen atoms in total. The van der Waals surface area contributed by atoms with Crippen LogP contribution in [0, 0.1) is 0 Å². The first kappa shape index (κ1) is 18.7. The predicted octanol–water partition coefficient (Wildman–Crippen LogP) is 2.37. The number of esters is 1. The quantitative estimate of drug-likeness (QED) is 0.571. The molecule has 4 rings (SSSR count).